The normalized spacial score (nSPS) is 24.1. The van der Waals surface area contributed by atoms with Gasteiger partial charge in [-0.2, -0.15) is 0 Å². The average molecular weight is 234 g/mol. The molecule has 0 aromatic heterocycles. The van der Waals surface area contributed by atoms with Crippen molar-refractivity contribution in [1.29, 1.82) is 0 Å². The van der Waals surface area contributed by atoms with Crippen molar-refractivity contribution in [3.63, 3.8) is 0 Å². The van der Waals surface area contributed by atoms with Crippen LogP contribution in [0.1, 0.15) is 41.0 Å². The quantitative estimate of drug-likeness (QED) is 0.694. The first-order valence-corrected chi connectivity index (χ1v) is 5.60. The molecule has 0 radical (unpaired) electrons. The lowest BCUT2D eigenvalue weighted by molar-refractivity contribution is -0.130. The molecule has 1 unspecified atom stereocenters. The summed E-state index contributed by atoms with van der Waals surface area (Å²) >= 11 is 0. The summed E-state index contributed by atoms with van der Waals surface area (Å²) in [5, 5.41) is 0. The SMILES string of the molecule is CC(C)C1CCN(C(C)(C)C)CC1=O.Cl. The number of hydrogen-bond donors (Lipinski definition) is 0. The van der Waals surface area contributed by atoms with E-state index in [0.717, 1.165) is 13.0 Å². The largest absolute Gasteiger partial charge is 0.298 e. The summed E-state index contributed by atoms with van der Waals surface area (Å²) in [6, 6.07) is 0. The van der Waals surface area contributed by atoms with Gasteiger partial charge in [-0.15, -0.1) is 12.4 Å². The van der Waals surface area contributed by atoms with Crippen LogP contribution in [0, 0.1) is 11.8 Å². The number of halogens is 1. The molecule has 1 fully saturated rings. The molecule has 1 aliphatic rings. The van der Waals surface area contributed by atoms with E-state index in [1.165, 1.54) is 0 Å². The molecule has 0 aromatic carbocycles. The molecule has 0 saturated carbocycles. The topological polar surface area (TPSA) is 20.3 Å². The van der Waals surface area contributed by atoms with E-state index in [9.17, 15) is 4.79 Å². The number of rotatable bonds is 1. The van der Waals surface area contributed by atoms with Crippen molar-refractivity contribution >= 4 is 18.2 Å². The third kappa shape index (κ3) is 3.76. The summed E-state index contributed by atoms with van der Waals surface area (Å²) in [5.74, 6) is 1.24. The van der Waals surface area contributed by atoms with Crippen molar-refractivity contribution in [1.82, 2.24) is 4.90 Å². The highest BCUT2D eigenvalue weighted by atomic mass is 35.5. The maximum absolute atomic E-state index is 11.9. The van der Waals surface area contributed by atoms with Crippen molar-refractivity contribution in [3.8, 4) is 0 Å². The molecular formula is C12H24ClNO. The summed E-state index contributed by atoms with van der Waals surface area (Å²) in [5.41, 5.74) is 0.137. The molecule has 1 saturated heterocycles. The molecule has 0 amide bonds. The number of piperidine rings is 1. The Kier molecular flexibility index (Phi) is 5.28. The van der Waals surface area contributed by atoms with Crippen molar-refractivity contribution in [2.75, 3.05) is 13.1 Å². The van der Waals surface area contributed by atoms with Crippen molar-refractivity contribution in [3.05, 3.63) is 0 Å². The summed E-state index contributed by atoms with van der Waals surface area (Å²) in [4.78, 5) is 14.1. The first-order chi connectivity index (χ1) is 6.32. The molecule has 2 nitrogen and oxygen atoms in total. The third-order valence-electron chi connectivity index (χ3n) is 3.22. The molecular weight excluding hydrogens is 210 g/mol. The average Bonchev–Trinajstić information content (AvgIpc) is 2.01. The van der Waals surface area contributed by atoms with Crippen LogP contribution in [-0.4, -0.2) is 29.3 Å². The van der Waals surface area contributed by atoms with Crippen LogP contribution in [0.2, 0.25) is 0 Å². The zero-order valence-electron chi connectivity index (χ0n) is 10.5. The Hall–Kier alpha value is -0.0800. The number of likely N-dealkylation sites (tertiary alicyclic amines) is 1. The van der Waals surface area contributed by atoms with Crippen LogP contribution in [0.5, 0.6) is 0 Å². The van der Waals surface area contributed by atoms with Gasteiger partial charge in [-0.25, -0.2) is 0 Å². The van der Waals surface area contributed by atoms with E-state index < -0.39 is 0 Å². The molecule has 3 heteroatoms. The van der Waals surface area contributed by atoms with E-state index in [1.54, 1.807) is 0 Å². The van der Waals surface area contributed by atoms with Gasteiger partial charge in [-0.1, -0.05) is 13.8 Å². The highest BCUT2D eigenvalue weighted by Gasteiger charge is 2.33. The molecule has 1 aliphatic heterocycles. The number of hydrogen-bond acceptors (Lipinski definition) is 2. The molecule has 0 aliphatic carbocycles. The third-order valence-corrected chi connectivity index (χ3v) is 3.22. The standard InChI is InChI=1S/C12H23NO.ClH/c1-9(2)10-6-7-13(8-11(10)14)12(3,4)5;/h9-10H,6-8H2,1-5H3;1H. The zero-order valence-corrected chi connectivity index (χ0v) is 11.4. The molecule has 0 bridgehead atoms. The van der Waals surface area contributed by atoms with Gasteiger partial charge in [-0.05, 0) is 39.7 Å². The molecule has 1 atom stereocenters. The van der Waals surface area contributed by atoms with E-state index >= 15 is 0 Å². The van der Waals surface area contributed by atoms with E-state index in [4.69, 9.17) is 0 Å². The monoisotopic (exact) mass is 233 g/mol. The fourth-order valence-corrected chi connectivity index (χ4v) is 2.12. The van der Waals surface area contributed by atoms with Gasteiger partial charge in [0.2, 0.25) is 0 Å². The van der Waals surface area contributed by atoms with Crippen LogP contribution in [0.15, 0.2) is 0 Å². The van der Waals surface area contributed by atoms with E-state index in [1.807, 2.05) is 0 Å². The zero-order chi connectivity index (χ0) is 10.9. The summed E-state index contributed by atoms with van der Waals surface area (Å²) in [6.07, 6.45) is 1.04. The van der Waals surface area contributed by atoms with Gasteiger partial charge in [0.1, 0.15) is 5.78 Å². The molecule has 15 heavy (non-hydrogen) atoms. The lowest BCUT2D eigenvalue weighted by Crippen LogP contribution is -2.51. The van der Waals surface area contributed by atoms with Gasteiger partial charge < -0.3 is 0 Å². The second kappa shape index (κ2) is 5.31. The Balaban J connectivity index is 0.00000196. The summed E-state index contributed by atoms with van der Waals surface area (Å²) < 4.78 is 0. The van der Waals surface area contributed by atoms with Crippen molar-refractivity contribution in [2.24, 2.45) is 11.8 Å². The maximum Gasteiger partial charge on any atom is 0.150 e. The first-order valence-electron chi connectivity index (χ1n) is 5.60. The Morgan fingerprint density at radius 3 is 2.20 bits per heavy atom. The van der Waals surface area contributed by atoms with Crippen LogP contribution in [0.3, 0.4) is 0 Å². The number of Topliss-reactive ketones (excluding diaryl/α,β-unsaturated/α-hetero) is 1. The van der Waals surface area contributed by atoms with Gasteiger partial charge in [0.15, 0.2) is 0 Å². The predicted octanol–water partition coefficient (Wildman–Crippen LogP) is 2.75. The minimum Gasteiger partial charge on any atom is -0.298 e. The molecule has 0 spiro atoms. The summed E-state index contributed by atoms with van der Waals surface area (Å²) in [7, 11) is 0. The van der Waals surface area contributed by atoms with Crippen LogP contribution < -0.4 is 0 Å². The van der Waals surface area contributed by atoms with Crippen LogP contribution in [0.25, 0.3) is 0 Å². The van der Waals surface area contributed by atoms with Crippen LogP contribution in [-0.2, 0) is 4.79 Å². The molecule has 90 valence electrons. The summed E-state index contributed by atoms with van der Waals surface area (Å²) in [6.45, 7) is 12.5. The Morgan fingerprint density at radius 2 is 1.87 bits per heavy atom. The smallest absolute Gasteiger partial charge is 0.150 e. The van der Waals surface area contributed by atoms with Crippen molar-refractivity contribution in [2.45, 2.75) is 46.6 Å². The lowest BCUT2D eigenvalue weighted by Gasteiger charge is -2.40. The lowest BCUT2D eigenvalue weighted by atomic mass is 9.84. The van der Waals surface area contributed by atoms with E-state index in [0.29, 0.717) is 24.2 Å². The first kappa shape index (κ1) is 14.9. The van der Waals surface area contributed by atoms with Gasteiger partial charge in [0.05, 0.1) is 6.54 Å². The van der Waals surface area contributed by atoms with E-state index in [2.05, 4.69) is 39.5 Å². The Labute approximate surface area is 99.8 Å². The Morgan fingerprint density at radius 1 is 1.33 bits per heavy atom. The Bertz CT molecular complexity index is 220. The van der Waals surface area contributed by atoms with Gasteiger partial charge in [0, 0.05) is 11.5 Å². The number of ketones is 1. The maximum atomic E-state index is 11.9. The minimum absolute atomic E-state index is 0. The molecule has 1 rings (SSSR count). The molecule has 0 N–H and O–H groups in total. The predicted molar refractivity (Wildman–Crippen MR) is 66.5 cm³/mol. The highest BCUT2D eigenvalue weighted by molar-refractivity contribution is 5.85. The van der Waals surface area contributed by atoms with Gasteiger partial charge in [-0.3, -0.25) is 9.69 Å². The fourth-order valence-electron chi connectivity index (χ4n) is 2.12. The van der Waals surface area contributed by atoms with Gasteiger partial charge in [0.25, 0.3) is 0 Å². The fraction of sp³-hybridized carbons (Fsp3) is 0.917. The van der Waals surface area contributed by atoms with E-state index in [-0.39, 0.29) is 17.9 Å². The van der Waals surface area contributed by atoms with Gasteiger partial charge >= 0.3 is 0 Å². The minimum atomic E-state index is 0. The number of carbonyl (C=O) groups excluding carboxylic acids is 1. The highest BCUT2D eigenvalue weighted by Crippen LogP contribution is 2.25. The number of carbonyl (C=O) groups is 1. The molecule has 1 heterocycles. The number of nitrogens with zero attached hydrogens (tertiary/aromatic N) is 1. The molecule has 0 aromatic rings. The second-order valence-corrected chi connectivity index (χ2v) is 5.70. The second-order valence-electron chi connectivity index (χ2n) is 5.70. The van der Waals surface area contributed by atoms with Crippen LogP contribution >= 0.6 is 12.4 Å². The van der Waals surface area contributed by atoms with Crippen molar-refractivity contribution < 1.29 is 4.79 Å². The van der Waals surface area contributed by atoms with Crippen LogP contribution in [0.4, 0.5) is 0 Å².